The summed E-state index contributed by atoms with van der Waals surface area (Å²) >= 11 is 0. The average Bonchev–Trinajstić information content (AvgIpc) is 2.83. The van der Waals surface area contributed by atoms with Gasteiger partial charge in [-0.1, -0.05) is 24.3 Å². The molecular weight excluding hydrogens is 272 g/mol. The molecule has 6 heteroatoms. The van der Waals surface area contributed by atoms with Gasteiger partial charge in [0.2, 0.25) is 0 Å². The molecule has 6 nitrogen and oxygen atoms in total. The van der Waals surface area contributed by atoms with Gasteiger partial charge in [0.15, 0.2) is 0 Å². The Bertz CT molecular complexity index is 532. The molecule has 2 rings (SSSR count). The van der Waals surface area contributed by atoms with E-state index in [1.54, 1.807) is 0 Å². The number of carboxylic acids is 1. The molecule has 1 saturated heterocycles. The van der Waals surface area contributed by atoms with Gasteiger partial charge in [-0.25, -0.2) is 9.59 Å². The number of β-amino-alcohol motifs (C(OH)–C–C–N with tert-alkyl or cyclic N) is 1. The number of carbonyl (C=O) groups is 2. The van der Waals surface area contributed by atoms with Crippen molar-refractivity contribution in [3.8, 4) is 0 Å². The van der Waals surface area contributed by atoms with Crippen LogP contribution in [0.25, 0.3) is 0 Å². The van der Waals surface area contributed by atoms with E-state index in [1.807, 2.05) is 31.2 Å². The number of rotatable bonds is 4. The number of aliphatic hydroxyl groups is 1. The molecule has 1 fully saturated rings. The number of benzene rings is 1. The molecular formula is C15H20N2O4. The van der Waals surface area contributed by atoms with Crippen LogP contribution in [-0.2, 0) is 11.2 Å². The normalized spacial score (nSPS) is 21.3. The highest BCUT2D eigenvalue weighted by Gasteiger charge is 2.38. The topological polar surface area (TPSA) is 89.9 Å². The molecule has 21 heavy (non-hydrogen) atoms. The lowest BCUT2D eigenvalue weighted by Gasteiger charge is -2.21. The van der Waals surface area contributed by atoms with Crippen LogP contribution in [0.5, 0.6) is 0 Å². The molecule has 0 aliphatic carbocycles. The third-order valence-electron chi connectivity index (χ3n) is 3.76. The summed E-state index contributed by atoms with van der Waals surface area (Å²) in [5, 5.41) is 21.3. The van der Waals surface area contributed by atoms with Crippen LogP contribution in [0, 0.1) is 6.92 Å². The second-order valence-corrected chi connectivity index (χ2v) is 5.30. The average molecular weight is 292 g/mol. The summed E-state index contributed by atoms with van der Waals surface area (Å²) in [4.78, 5) is 24.3. The van der Waals surface area contributed by atoms with Gasteiger partial charge in [-0.2, -0.15) is 0 Å². The summed E-state index contributed by atoms with van der Waals surface area (Å²) < 4.78 is 0. The molecule has 1 heterocycles. The zero-order chi connectivity index (χ0) is 15.4. The first-order valence-electron chi connectivity index (χ1n) is 6.99. The minimum absolute atomic E-state index is 0.0627. The molecule has 1 unspecified atom stereocenters. The van der Waals surface area contributed by atoms with Crippen LogP contribution < -0.4 is 5.32 Å². The molecule has 0 spiro atoms. The Morgan fingerprint density at radius 2 is 2.10 bits per heavy atom. The molecule has 0 bridgehead atoms. The Kier molecular flexibility index (Phi) is 4.80. The Morgan fingerprint density at radius 3 is 2.76 bits per heavy atom. The van der Waals surface area contributed by atoms with Crippen molar-refractivity contribution in [2.75, 3.05) is 13.1 Å². The van der Waals surface area contributed by atoms with Crippen LogP contribution in [0.2, 0.25) is 0 Å². The number of carboxylic acid groups (broad SMARTS) is 1. The van der Waals surface area contributed by atoms with Gasteiger partial charge in [0.25, 0.3) is 0 Å². The minimum Gasteiger partial charge on any atom is -0.480 e. The van der Waals surface area contributed by atoms with Crippen LogP contribution in [0.3, 0.4) is 0 Å². The number of likely N-dealkylation sites (tertiary alicyclic amines) is 1. The molecule has 1 aliphatic rings. The van der Waals surface area contributed by atoms with E-state index in [-0.39, 0.29) is 13.0 Å². The molecule has 1 aromatic carbocycles. The third-order valence-corrected chi connectivity index (χ3v) is 3.76. The number of nitrogens with zero attached hydrogens (tertiary/aromatic N) is 1. The first-order valence-corrected chi connectivity index (χ1v) is 6.99. The maximum atomic E-state index is 12.0. The molecule has 114 valence electrons. The summed E-state index contributed by atoms with van der Waals surface area (Å²) in [6.45, 7) is 2.50. The first kappa shape index (κ1) is 15.3. The summed E-state index contributed by atoms with van der Waals surface area (Å²) in [5.41, 5.74) is 2.31. The van der Waals surface area contributed by atoms with Gasteiger partial charge in [0.1, 0.15) is 6.04 Å². The van der Waals surface area contributed by atoms with E-state index >= 15 is 0 Å². The van der Waals surface area contributed by atoms with Crippen LogP contribution >= 0.6 is 0 Å². The van der Waals surface area contributed by atoms with E-state index in [2.05, 4.69) is 5.32 Å². The van der Waals surface area contributed by atoms with Crippen LogP contribution in [-0.4, -0.2) is 52.3 Å². The molecule has 2 amide bonds. The van der Waals surface area contributed by atoms with Crippen molar-refractivity contribution in [3.63, 3.8) is 0 Å². The SMILES string of the molecule is Cc1ccccc1CCNC(=O)N1CC(O)C[C@H]1C(=O)O. The molecule has 2 atom stereocenters. The standard InChI is InChI=1S/C15H20N2O4/c1-10-4-2-3-5-11(10)6-7-16-15(21)17-9-12(18)8-13(17)14(19)20/h2-5,12-13,18H,6-9H2,1H3,(H,16,21)(H,19,20)/t12?,13-/m0/s1. The van der Waals surface area contributed by atoms with Crippen molar-refractivity contribution >= 4 is 12.0 Å². The lowest BCUT2D eigenvalue weighted by atomic mass is 10.1. The minimum atomic E-state index is -1.08. The summed E-state index contributed by atoms with van der Waals surface area (Å²) in [6.07, 6.45) is 0.000756. The molecule has 0 saturated carbocycles. The number of hydrogen-bond donors (Lipinski definition) is 3. The Labute approximate surface area is 123 Å². The van der Waals surface area contributed by atoms with E-state index in [4.69, 9.17) is 5.11 Å². The van der Waals surface area contributed by atoms with Gasteiger partial charge in [-0.15, -0.1) is 0 Å². The smallest absolute Gasteiger partial charge is 0.326 e. The summed E-state index contributed by atoms with van der Waals surface area (Å²) in [6, 6.07) is 6.53. The lowest BCUT2D eigenvalue weighted by molar-refractivity contribution is -0.141. The largest absolute Gasteiger partial charge is 0.480 e. The van der Waals surface area contributed by atoms with Crippen molar-refractivity contribution in [1.29, 1.82) is 0 Å². The number of urea groups is 1. The number of nitrogens with one attached hydrogen (secondary N) is 1. The van der Waals surface area contributed by atoms with E-state index in [0.717, 1.165) is 11.1 Å². The van der Waals surface area contributed by atoms with Crippen molar-refractivity contribution < 1.29 is 19.8 Å². The van der Waals surface area contributed by atoms with Crippen molar-refractivity contribution in [2.45, 2.75) is 31.9 Å². The van der Waals surface area contributed by atoms with Crippen LogP contribution in [0.4, 0.5) is 4.79 Å². The maximum absolute atomic E-state index is 12.0. The summed E-state index contributed by atoms with van der Waals surface area (Å²) in [7, 11) is 0. The first-order chi connectivity index (χ1) is 9.99. The Balaban J connectivity index is 1.87. The van der Waals surface area contributed by atoms with Gasteiger partial charge >= 0.3 is 12.0 Å². The highest BCUT2D eigenvalue weighted by atomic mass is 16.4. The van der Waals surface area contributed by atoms with Crippen molar-refractivity contribution in [1.82, 2.24) is 10.2 Å². The zero-order valence-electron chi connectivity index (χ0n) is 12.0. The number of aliphatic carboxylic acids is 1. The van der Waals surface area contributed by atoms with E-state index in [9.17, 15) is 14.7 Å². The van der Waals surface area contributed by atoms with E-state index < -0.39 is 24.1 Å². The van der Waals surface area contributed by atoms with E-state index in [0.29, 0.717) is 13.0 Å². The van der Waals surface area contributed by atoms with Gasteiger partial charge in [-0.05, 0) is 24.5 Å². The monoisotopic (exact) mass is 292 g/mol. The van der Waals surface area contributed by atoms with E-state index in [1.165, 1.54) is 4.90 Å². The predicted octanol–water partition coefficient (Wildman–Crippen LogP) is 0.767. The van der Waals surface area contributed by atoms with Gasteiger partial charge in [-0.3, -0.25) is 0 Å². The highest BCUT2D eigenvalue weighted by molar-refractivity contribution is 5.83. The second kappa shape index (κ2) is 6.58. The zero-order valence-corrected chi connectivity index (χ0v) is 12.0. The fraction of sp³-hybridized carbons (Fsp3) is 0.467. The van der Waals surface area contributed by atoms with Gasteiger partial charge in [0.05, 0.1) is 6.10 Å². The maximum Gasteiger partial charge on any atom is 0.326 e. The van der Waals surface area contributed by atoms with Crippen LogP contribution in [0.1, 0.15) is 17.5 Å². The summed E-state index contributed by atoms with van der Waals surface area (Å²) in [5.74, 6) is -1.08. The Hall–Kier alpha value is -2.08. The molecule has 0 radical (unpaired) electrons. The van der Waals surface area contributed by atoms with Gasteiger partial charge in [0, 0.05) is 19.5 Å². The lowest BCUT2D eigenvalue weighted by Crippen LogP contribution is -2.46. The Morgan fingerprint density at radius 1 is 1.38 bits per heavy atom. The molecule has 0 aromatic heterocycles. The number of carbonyl (C=O) groups excluding carboxylic acids is 1. The number of amides is 2. The van der Waals surface area contributed by atoms with Crippen LogP contribution in [0.15, 0.2) is 24.3 Å². The van der Waals surface area contributed by atoms with Gasteiger partial charge < -0.3 is 20.4 Å². The fourth-order valence-electron chi connectivity index (χ4n) is 2.57. The number of aliphatic hydroxyl groups excluding tert-OH is 1. The second-order valence-electron chi connectivity index (χ2n) is 5.30. The number of hydrogen-bond acceptors (Lipinski definition) is 3. The number of aryl methyl sites for hydroxylation is 1. The molecule has 1 aliphatic heterocycles. The van der Waals surface area contributed by atoms with Crippen molar-refractivity contribution in [2.24, 2.45) is 0 Å². The quantitative estimate of drug-likeness (QED) is 0.764. The highest BCUT2D eigenvalue weighted by Crippen LogP contribution is 2.18. The fourth-order valence-corrected chi connectivity index (χ4v) is 2.57. The third kappa shape index (κ3) is 3.72. The molecule has 1 aromatic rings. The molecule has 3 N–H and O–H groups in total. The predicted molar refractivity (Wildman–Crippen MR) is 77.0 cm³/mol. The van der Waals surface area contributed by atoms with Crippen molar-refractivity contribution in [3.05, 3.63) is 35.4 Å².